The Hall–Kier alpha value is -1.97. The number of hydrogen-bond donors (Lipinski definition) is 1. The lowest BCUT2D eigenvalue weighted by atomic mass is 10.4. The molecule has 0 spiro atoms. The Kier molecular flexibility index (Phi) is 4.59. The predicted octanol–water partition coefficient (Wildman–Crippen LogP) is -0.730. The number of nitrogens with zero attached hydrogens (tertiary/aromatic N) is 2. The molecule has 0 bridgehead atoms. The molecule has 106 valence electrons. The maximum atomic E-state index is 11.4. The number of nitro groups is 1. The van der Waals surface area contributed by atoms with Gasteiger partial charge >= 0.3 is 16.9 Å². The summed E-state index contributed by atoms with van der Waals surface area (Å²) < 4.78 is 23.4. The molecule has 1 N–H and O–H groups in total. The minimum Gasteiger partial charge on any atom is -0.294 e. The van der Waals surface area contributed by atoms with E-state index in [-0.39, 0.29) is 24.5 Å². The lowest BCUT2D eigenvalue weighted by molar-refractivity contribution is -0.386. The van der Waals surface area contributed by atoms with Gasteiger partial charge in [0.25, 0.3) is 0 Å². The van der Waals surface area contributed by atoms with Crippen LogP contribution in [0.15, 0.2) is 15.8 Å². The average Bonchev–Trinajstić information content (AvgIpc) is 2.31. The van der Waals surface area contributed by atoms with Gasteiger partial charge in [-0.1, -0.05) is 6.92 Å². The van der Waals surface area contributed by atoms with Crippen molar-refractivity contribution < 1.29 is 13.3 Å². The molecule has 1 aromatic heterocycles. The summed E-state index contributed by atoms with van der Waals surface area (Å²) in [7, 11) is -3.16. The van der Waals surface area contributed by atoms with Crippen LogP contribution >= 0.6 is 0 Å². The highest BCUT2D eigenvalue weighted by molar-refractivity contribution is 7.91. The highest BCUT2D eigenvalue weighted by Crippen LogP contribution is 2.01. The molecule has 9 nitrogen and oxygen atoms in total. The van der Waals surface area contributed by atoms with E-state index in [4.69, 9.17) is 0 Å². The Morgan fingerprint density at radius 1 is 1.42 bits per heavy atom. The third-order valence-electron chi connectivity index (χ3n) is 2.48. The zero-order valence-corrected chi connectivity index (χ0v) is 11.0. The highest BCUT2D eigenvalue weighted by atomic mass is 32.2. The SMILES string of the molecule is CCS(=O)(=O)CCCn1cc([N+](=O)[O-])c(=O)[nH]c1=O. The van der Waals surface area contributed by atoms with Crippen LogP contribution in [0.25, 0.3) is 0 Å². The van der Waals surface area contributed by atoms with Gasteiger partial charge in [-0.25, -0.2) is 13.2 Å². The largest absolute Gasteiger partial charge is 0.350 e. The fourth-order valence-electron chi connectivity index (χ4n) is 1.39. The maximum Gasteiger partial charge on any atom is 0.350 e. The summed E-state index contributed by atoms with van der Waals surface area (Å²) in [6.07, 6.45) is 0.957. The molecule has 0 aliphatic rings. The molecule has 0 aliphatic carbocycles. The number of H-pyrrole nitrogens is 1. The molecular weight excluding hydrogens is 278 g/mol. The van der Waals surface area contributed by atoms with Gasteiger partial charge in [-0.2, -0.15) is 0 Å². The fourth-order valence-corrected chi connectivity index (χ4v) is 2.25. The molecular formula is C9H13N3O6S. The summed E-state index contributed by atoms with van der Waals surface area (Å²) >= 11 is 0. The van der Waals surface area contributed by atoms with Crippen LogP contribution in [0.2, 0.25) is 0 Å². The van der Waals surface area contributed by atoms with Gasteiger partial charge in [-0.05, 0) is 6.42 Å². The first-order valence-electron chi connectivity index (χ1n) is 5.45. The van der Waals surface area contributed by atoms with Gasteiger partial charge in [0.2, 0.25) is 0 Å². The molecule has 10 heteroatoms. The minimum absolute atomic E-state index is 0.00628. The second-order valence-electron chi connectivity index (χ2n) is 3.81. The van der Waals surface area contributed by atoms with Gasteiger partial charge in [0.05, 0.1) is 16.9 Å². The van der Waals surface area contributed by atoms with Crippen LogP contribution in [-0.2, 0) is 16.4 Å². The van der Waals surface area contributed by atoms with Crippen molar-refractivity contribution in [1.82, 2.24) is 9.55 Å². The van der Waals surface area contributed by atoms with Crippen LogP contribution in [0.3, 0.4) is 0 Å². The molecule has 0 saturated heterocycles. The highest BCUT2D eigenvalue weighted by Gasteiger charge is 2.15. The predicted molar refractivity (Wildman–Crippen MR) is 66.9 cm³/mol. The number of sulfone groups is 1. The quantitative estimate of drug-likeness (QED) is 0.542. The molecule has 1 aromatic rings. The van der Waals surface area contributed by atoms with Crippen LogP contribution in [0, 0.1) is 10.1 Å². The number of aromatic amines is 1. The zero-order chi connectivity index (χ0) is 14.6. The monoisotopic (exact) mass is 291 g/mol. The smallest absolute Gasteiger partial charge is 0.294 e. The number of hydrogen-bond acceptors (Lipinski definition) is 6. The first-order valence-corrected chi connectivity index (χ1v) is 7.27. The number of nitrogens with one attached hydrogen (secondary N) is 1. The van der Waals surface area contributed by atoms with Crippen molar-refractivity contribution in [2.75, 3.05) is 11.5 Å². The van der Waals surface area contributed by atoms with Crippen LogP contribution in [0.4, 0.5) is 5.69 Å². The van der Waals surface area contributed by atoms with Crippen LogP contribution in [0.1, 0.15) is 13.3 Å². The Morgan fingerprint density at radius 3 is 2.58 bits per heavy atom. The minimum atomic E-state index is -3.16. The molecule has 0 radical (unpaired) electrons. The van der Waals surface area contributed by atoms with Crippen LogP contribution in [0.5, 0.6) is 0 Å². The molecule has 0 saturated carbocycles. The molecule has 0 aliphatic heterocycles. The van der Waals surface area contributed by atoms with Crippen molar-refractivity contribution in [3.05, 3.63) is 37.1 Å². The third-order valence-corrected chi connectivity index (χ3v) is 4.27. The third kappa shape index (κ3) is 4.02. The van der Waals surface area contributed by atoms with E-state index in [0.29, 0.717) is 0 Å². The Bertz CT molecular complexity index is 687. The van der Waals surface area contributed by atoms with Crippen molar-refractivity contribution in [2.24, 2.45) is 0 Å². The first kappa shape index (κ1) is 15.1. The van der Waals surface area contributed by atoms with Crippen molar-refractivity contribution in [1.29, 1.82) is 0 Å². The van der Waals surface area contributed by atoms with Gasteiger partial charge in [0.1, 0.15) is 9.84 Å². The van der Waals surface area contributed by atoms with Crippen molar-refractivity contribution in [3.8, 4) is 0 Å². The summed E-state index contributed by atoms with van der Waals surface area (Å²) in [6, 6.07) is 0. The molecule has 0 amide bonds. The normalized spacial score (nSPS) is 11.4. The Balaban J connectivity index is 2.91. The van der Waals surface area contributed by atoms with E-state index in [1.54, 1.807) is 0 Å². The molecule has 19 heavy (non-hydrogen) atoms. The van der Waals surface area contributed by atoms with E-state index < -0.39 is 31.7 Å². The summed E-state index contributed by atoms with van der Waals surface area (Å²) in [6.45, 7) is 1.49. The van der Waals surface area contributed by atoms with Gasteiger partial charge in [-0.3, -0.25) is 24.5 Å². The second kappa shape index (κ2) is 5.78. The number of aryl methyl sites for hydroxylation is 1. The van der Waals surface area contributed by atoms with Crippen molar-refractivity contribution >= 4 is 15.5 Å². The summed E-state index contributed by atoms with van der Waals surface area (Å²) in [4.78, 5) is 33.9. The van der Waals surface area contributed by atoms with E-state index in [0.717, 1.165) is 10.8 Å². The van der Waals surface area contributed by atoms with Crippen molar-refractivity contribution in [2.45, 2.75) is 19.9 Å². The van der Waals surface area contributed by atoms with Crippen LogP contribution in [-0.4, -0.2) is 34.4 Å². The topological polar surface area (TPSA) is 132 Å². The van der Waals surface area contributed by atoms with E-state index >= 15 is 0 Å². The Labute approximate surface area is 108 Å². The van der Waals surface area contributed by atoms with Gasteiger partial charge in [0.15, 0.2) is 0 Å². The molecule has 1 heterocycles. The fraction of sp³-hybridized carbons (Fsp3) is 0.556. The molecule has 0 fully saturated rings. The van der Waals surface area contributed by atoms with Crippen molar-refractivity contribution in [3.63, 3.8) is 0 Å². The summed E-state index contributed by atoms with van der Waals surface area (Å²) in [5.74, 6) is -0.128. The maximum absolute atomic E-state index is 11.4. The van der Waals surface area contributed by atoms with E-state index in [1.165, 1.54) is 6.92 Å². The van der Waals surface area contributed by atoms with Gasteiger partial charge in [-0.15, -0.1) is 0 Å². The van der Waals surface area contributed by atoms with E-state index in [2.05, 4.69) is 0 Å². The van der Waals surface area contributed by atoms with E-state index in [9.17, 15) is 28.1 Å². The lowest BCUT2D eigenvalue weighted by Gasteiger charge is -2.04. The van der Waals surface area contributed by atoms with Gasteiger partial charge < -0.3 is 0 Å². The number of aromatic nitrogens is 2. The molecule has 0 aromatic carbocycles. The van der Waals surface area contributed by atoms with E-state index in [1.807, 2.05) is 4.98 Å². The average molecular weight is 291 g/mol. The first-order chi connectivity index (χ1) is 8.76. The number of rotatable bonds is 6. The molecule has 0 unspecified atom stereocenters. The van der Waals surface area contributed by atoms with Crippen LogP contribution < -0.4 is 11.2 Å². The lowest BCUT2D eigenvalue weighted by Crippen LogP contribution is -2.31. The second-order valence-corrected chi connectivity index (χ2v) is 6.29. The molecule has 1 rings (SSSR count). The molecule has 0 atom stereocenters. The summed E-state index contributed by atoms with van der Waals surface area (Å²) in [5.41, 5.74) is -2.63. The summed E-state index contributed by atoms with van der Waals surface area (Å²) in [5, 5.41) is 10.5. The zero-order valence-electron chi connectivity index (χ0n) is 10.2. The standard InChI is InChI=1S/C9H13N3O6S/c1-2-19(17,18)5-3-4-11-6-7(12(15)16)8(13)10-9(11)14/h6H,2-5H2,1H3,(H,10,13,14). The Morgan fingerprint density at radius 2 is 2.05 bits per heavy atom. The van der Waals surface area contributed by atoms with Gasteiger partial charge in [0, 0.05) is 12.3 Å².